The highest BCUT2D eigenvalue weighted by Gasteiger charge is 2.01. The van der Waals surface area contributed by atoms with Crippen LogP contribution in [-0.2, 0) is 11.4 Å². The lowest BCUT2D eigenvalue weighted by molar-refractivity contribution is -0.111. The van der Waals surface area contributed by atoms with Crippen LogP contribution in [0.4, 0.5) is 5.69 Å². The van der Waals surface area contributed by atoms with E-state index >= 15 is 0 Å². The van der Waals surface area contributed by atoms with Crippen molar-refractivity contribution >= 4 is 17.7 Å². The number of benzene rings is 2. The average Bonchev–Trinajstić information content (AvgIpc) is 2.69. The summed E-state index contributed by atoms with van der Waals surface area (Å²) in [5, 5.41) is 11.9. The van der Waals surface area contributed by atoms with Crippen LogP contribution in [0.2, 0.25) is 0 Å². The van der Waals surface area contributed by atoms with E-state index in [0.29, 0.717) is 17.2 Å². The highest BCUT2D eigenvalue weighted by atomic mass is 16.5. The molecule has 5 heteroatoms. The zero-order valence-corrected chi connectivity index (χ0v) is 14.0. The SMILES string of the molecule is O=C(/C=C/c1cccc(CO)c1)Nc1ccc(Oc2cccnc2)cc1. The van der Waals surface area contributed by atoms with Crippen LogP contribution in [0.25, 0.3) is 6.08 Å². The Balaban J connectivity index is 1.58. The molecule has 0 atom stereocenters. The first kappa shape index (κ1) is 17.4. The smallest absolute Gasteiger partial charge is 0.248 e. The maximum absolute atomic E-state index is 12.0. The van der Waals surface area contributed by atoms with Crippen molar-refractivity contribution in [2.45, 2.75) is 6.61 Å². The molecule has 2 aromatic carbocycles. The van der Waals surface area contributed by atoms with Crippen molar-refractivity contribution in [2.24, 2.45) is 0 Å². The van der Waals surface area contributed by atoms with Crippen LogP contribution < -0.4 is 10.1 Å². The predicted molar refractivity (Wildman–Crippen MR) is 101 cm³/mol. The van der Waals surface area contributed by atoms with Crippen molar-refractivity contribution < 1.29 is 14.6 Å². The number of aliphatic hydroxyl groups is 1. The molecule has 130 valence electrons. The molecule has 0 radical (unpaired) electrons. The number of aliphatic hydroxyl groups excluding tert-OH is 1. The minimum atomic E-state index is -0.236. The fraction of sp³-hybridized carbons (Fsp3) is 0.0476. The number of ether oxygens (including phenoxy) is 1. The lowest BCUT2D eigenvalue weighted by Crippen LogP contribution is -2.07. The molecule has 5 nitrogen and oxygen atoms in total. The van der Waals surface area contributed by atoms with Crippen molar-refractivity contribution in [2.75, 3.05) is 5.32 Å². The van der Waals surface area contributed by atoms with Gasteiger partial charge in [0.15, 0.2) is 0 Å². The largest absolute Gasteiger partial charge is 0.456 e. The van der Waals surface area contributed by atoms with Crippen molar-refractivity contribution in [3.05, 3.63) is 90.3 Å². The molecule has 26 heavy (non-hydrogen) atoms. The molecule has 0 spiro atoms. The van der Waals surface area contributed by atoms with Crippen LogP contribution in [0.3, 0.4) is 0 Å². The van der Waals surface area contributed by atoms with Crippen molar-refractivity contribution in [1.29, 1.82) is 0 Å². The Labute approximate surface area is 151 Å². The van der Waals surface area contributed by atoms with Gasteiger partial charge < -0.3 is 15.2 Å². The molecule has 0 aliphatic heterocycles. The Hall–Kier alpha value is -3.44. The number of amides is 1. The Morgan fingerprint density at radius 2 is 1.92 bits per heavy atom. The van der Waals surface area contributed by atoms with Gasteiger partial charge in [-0.1, -0.05) is 18.2 Å². The molecule has 0 saturated heterocycles. The van der Waals surface area contributed by atoms with Gasteiger partial charge >= 0.3 is 0 Å². The van der Waals surface area contributed by atoms with E-state index in [1.165, 1.54) is 6.08 Å². The molecule has 1 amide bonds. The van der Waals surface area contributed by atoms with Gasteiger partial charge in [-0.2, -0.15) is 0 Å². The van der Waals surface area contributed by atoms with Gasteiger partial charge in [-0.3, -0.25) is 9.78 Å². The molecule has 1 heterocycles. The van der Waals surface area contributed by atoms with Crippen molar-refractivity contribution in [3.63, 3.8) is 0 Å². The Kier molecular flexibility index (Phi) is 5.75. The van der Waals surface area contributed by atoms with Crippen LogP contribution in [-0.4, -0.2) is 16.0 Å². The van der Waals surface area contributed by atoms with Crippen LogP contribution in [0.5, 0.6) is 11.5 Å². The van der Waals surface area contributed by atoms with Crippen LogP contribution in [0, 0.1) is 0 Å². The third kappa shape index (κ3) is 5.03. The fourth-order valence-electron chi connectivity index (χ4n) is 2.30. The normalized spacial score (nSPS) is 10.7. The summed E-state index contributed by atoms with van der Waals surface area (Å²) in [7, 11) is 0. The number of nitrogens with one attached hydrogen (secondary N) is 1. The molecular weight excluding hydrogens is 328 g/mol. The Bertz CT molecular complexity index is 891. The zero-order valence-electron chi connectivity index (χ0n) is 14.0. The molecule has 0 bridgehead atoms. The zero-order chi connectivity index (χ0) is 18.2. The van der Waals surface area contributed by atoms with Crippen molar-refractivity contribution in [3.8, 4) is 11.5 Å². The van der Waals surface area contributed by atoms with Crippen LogP contribution in [0.1, 0.15) is 11.1 Å². The topological polar surface area (TPSA) is 71.5 Å². The summed E-state index contributed by atoms with van der Waals surface area (Å²) in [5.74, 6) is 1.07. The third-order valence-electron chi connectivity index (χ3n) is 3.55. The predicted octanol–water partition coefficient (Wildman–Crippen LogP) is 4.02. The van der Waals surface area contributed by atoms with E-state index in [2.05, 4.69) is 10.3 Å². The minimum absolute atomic E-state index is 0.0264. The summed E-state index contributed by atoms with van der Waals surface area (Å²) in [5.41, 5.74) is 2.32. The van der Waals surface area contributed by atoms with Crippen LogP contribution in [0.15, 0.2) is 79.1 Å². The van der Waals surface area contributed by atoms with Gasteiger partial charge in [-0.25, -0.2) is 0 Å². The molecule has 0 aliphatic rings. The van der Waals surface area contributed by atoms with Gasteiger partial charge in [-0.05, 0) is 59.7 Å². The molecule has 0 fully saturated rings. The number of anilines is 1. The summed E-state index contributed by atoms with van der Waals surface area (Å²) >= 11 is 0. The molecule has 3 rings (SSSR count). The first-order valence-electron chi connectivity index (χ1n) is 8.10. The number of carbonyl (C=O) groups excluding carboxylic acids is 1. The quantitative estimate of drug-likeness (QED) is 0.661. The third-order valence-corrected chi connectivity index (χ3v) is 3.55. The molecule has 3 aromatic rings. The molecule has 2 N–H and O–H groups in total. The van der Waals surface area contributed by atoms with E-state index in [0.717, 1.165) is 11.1 Å². The number of hydrogen-bond donors (Lipinski definition) is 2. The molecule has 1 aromatic heterocycles. The van der Waals surface area contributed by atoms with E-state index in [-0.39, 0.29) is 12.5 Å². The lowest BCUT2D eigenvalue weighted by Gasteiger charge is -2.06. The summed E-state index contributed by atoms with van der Waals surface area (Å²) in [6.07, 6.45) is 6.47. The summed E-state index contributed by atoms with van der Waals surface area (Å²) in [6.45, 7) is -0.0264. The van der Waals surface area contributed by atoms with Gasteiger partial charge in [0, 0.05) is 18.0 Å². The lowest BCUT2D eigenvalue weighted by atomic mass is 10.1. The first-order chi connectivity index (χ1) is 12.7. The molecule has 0 unspecified atom stereocenters. The van der Waals surface area contributed by atoms with Gasteiger partial charge in [0.1, 0.15) is 11.5 Å². The van der Waals surface area contributed by atoms with E-state index in [4.69, 9.17) is 9.84 Å². The van der Waals surface area contributed by atoms with Crippen LogP contribution >= 0.6 is 0 Å². The number of carbonyl (C=O) groups is 1. The standard InChI is InChI=1S/C21H18N2O3/c24-15-17-4-1-3-16(13-17)6-11-21(25)23-18-7-9-19(10-8-18)26-20-5-2-12-22-14-20/h1-14,24H,15H2,(H,23,25)/b11-6+. The molecule has 0 aliphatic carbocycles. The van der Waals surface area contributed by atoms with E-state index < -0.39 is 0 Å². The Morgan fingerprint density at radius 1 is 1.08 bits per heavy atom. The summed E-state index contributed by atoms with van der Waals surface area (Å²) < 4.78 is 5.66. The summed E-state index contributed by atoms with van der Waals surface area (Å²) in [6, 6.07) is 18.1. The highest BCUT2D eigenvalue weighted by molar-refractivity contribution is 6.01. The van der Waals surface area contributed by atoms with Gasteiger partial charge in [0.05, 0.1) is 12.8 Å². The fourth-order valence-corrected chi connectivity index (χ4v) is 2.30. The molecular formula is C21H18N2O3. The van der Waals surface area contributed by atoms with E-state index in [1.54, 1.807) is 48.8 Å². The second-order valence-electron chi connectivity index (χ2n) is 5.54. The van der Waals surface area contributed by atoms with Crippen molar-refractivity contribution in [1.82, 2.24) is 4.98 Å². The average molecular weight is 346 g/mol. The van der Waals surface area contributed by atoms with Gasteiger partial charge in [0.25, 0.3) is 0 Å². The number of rotatable bonds is 6. The van der Waals surface area contributed by atoms with E-state index in [9.17, 15) is 4.79 Å². The monoisotopic (exact) mass is 346 g/mol. The maximum atomic E-state index is 12.0. The minimum Gasteiger partial charge on any atom is -0.456 e. The first-order valence-corrected chi connectivity index (χ1v) is 8.10. The maximum Gasteiger partial charge on any atom is 0.248 e. The Morgan fingerprint density at radius 3 is 2.65 bits per heavy atom. The number of pyridine rings is 1. The van der Waals surface area contributed by atoms with Gasteiger partial charge in [0.2, 0.25) is 5.91 Å². The number of nitrogens with zero attached hydrogens (tertiary/aromatic N) is 1. The number of aromatic nitrogens is 1. The second-order valence-corrected chi connectivity index (χ2v) is 5.54. The second kappa shape index (κ2) is 8.60. The van der Waals surface area contributed by atoms with E-state index in [1.807, 2.05) is 30.3 Å². The molecule has 0 saturated carbocycles. The highest BCUT2D eigenvalue weighted by Crippen LogP contribution is 2.22. The number of hydrogen-bond acceptors (Lipinski definition) is 4. The van der Waals surface area contributed by atoms with Gasteiger partial charge in [-0.15, -0.1) is 0 Å². The summed E-state index contributed by atoms with van der Waals surface area (Å²) in [4.78, 5) is 16.0.